The van der Waals surface area contributed by atoms with Gasteiger partial charge in [-0.25, -0.2) is 0 Å². The van der Waals surface area contributed by atoms with Crippen LogP contribution in [-0.2, 0) is 9.59 Å². The Morgan fingerprint density at radius 1 is 1.18 bits per heavy atom. The van der Waals surface area contributed by atoms with Crippen LogP contribution in [0.2, 0.25) is 5.02 Å². The third-order valence-electron chi connectivity index (χ3n) is 3.39. The second-order valence-electron chi connectivity index (χ2n) is 5.43. The van der Waals surface area contributed by atoms with Crippen molar-refractivity contribution in [2.24, 2.45) is 0 Å². The van der Waals surface area contributed by atoms with Gasteiger partial charge >= 0.3 is 0 Å². The molecule has 0 fully saturated rings. The van der Waals surface area contributed by atoms with Crippen LogP contribution in [0.15, 0.2) is 48.0 Å². The summed E-state index contributed by atoms with van der Waals surface area (Å²) in [5.74, 6) is -1.45. The van der Waals surface area contributed by atoms with Crippen molar-refractivity contribution < 1.29 is 24.2 Å². The molecule has 0 aliphatic rings. The van der Waals surface area contributed by atoms with Crippen molar-refractivity contribution in [3.05, 3.63) is 58.6 Å². The Morgan fingerprint density at radius 2 is 1.89 bits per heavy atom. The lowest BCUT2D eigenvalue weighted by atomic mass is 10.1. The molecule has 0 saturated heterocycles. The Hall–Kier alpha value is -3.50. The molecule has 0 unspecified atom stereocenters. The van der Waals surface area contributed by atoms with Gasteiger partial charge in [0.15, 0.2) is 11.5 Å². The second kappa shape index (κ2) is 10.00. The number of amides is 1. The summed E-state index contributed by atoms with van der Waals surface area (Å²) in [5.41, 5.74) is 0.879. The minimum Gasteiger partial charge on any atom is -0.546 e. The molecule has 0 aliphatic heterocycles. The second-order valence-corrected chi connectivity index (χ2v) is 5.87. The van der Waals surface area contributed by atoms with E-state index in [0.717, 1.165) is 0 Å². The monoisotopic (exact) mass is 399 g/mol. The Balaban J connectivity index is 2.23. The van der Waals surface area contributed by atoms with Crippen LogP contribution in [0.1, 0.15) is 12.5 Å². The number of aliphatic carboxylic acids is 1. The molecule has 1 amide bonds. The van der Waals surface area contributed by atoms with Gasteiger partial charge in [-0.2, -0.15) is 5.26 Å². The molecule has 0 radical (unpaired) electrons. The average molecular weight is 400 g/mol. The number of carboxylic acid groups (broad SMARTS) is 1. The fourth-order valence-electron chi connectivity index (χ4n) is 2.19. The third-order valence-corrected chi connectivity index (χ3v) is 3.64. The van der Waals surface area contributed by atoms with Crippen LogP contribution in [0.3, 0.4) is 0 Å². The maximum Gasteiger partial charge on any atom is 0.266 e. The first-order valence-electron chi connectivity index (χ1n) is 8.21. The van der Waals surface area contributed by atoms with Crippen molar-refractivity contribution in [2.75, 3.05) is 18.5 Å². The predicted octanol–water partition coefficient (Wildman–Crippen LogP) is 2.41. The molecule has 0 heterocycles. The number of halogens is 1. The quantitative estimate of drug-likeness (QED) is 0.539. The Kier molecular flexibility index (Phi) is 7.43. The minimum absolute atomic E-state index is 0.124. The number of anilines is 1. The minimum atomic E-state index is -1.36. The van der Waals surface area contributed by atoms with Crippen LogP contribution in [0.4, 0.5) is 5.69 Å². The zero-order valence-corrected chi connectivity index (χ0v) is 15.7. The first-order valence-corrected chi connectivity index (χ1v) is 8.59. The van der Waals surface area contributed by atoms with E-state index < -0.39 is 18.5 Å². The van der Waals surface area contributed by atoms with Crippen molar-refractivity contribution in [1.29, 1.82) is 5.26 Å². The Morgan fingerprint density at radius 3 is 2.50 bits per heavy atom. The summed E-state index contributed by atoms with van der Waals surface area (Å²) in [4.78, 5) is 22.9. The summed E-state index contributed by atoms with van der Waals surface area (Å²) in [6.07, 6.45) is 1.39. The van der Waals surface area contributed by atoms with Crippen LogP contribution in [0, 0.1) is 11.3 Å². The Labute approximate surface area is 166 Å². The van der Waals surface area contributed by atoms with E-state index in [0.29, 0.717) is 22.9 Å². The lowest BCUT2D eigenvalue weighted by molar-refractivity contribution is -0.307. The van der Waals surface area contributed by atoms with Gasteiger partial charge in [0.25, 0.3) is 5.91 Å². The molecule has 2 aromatic carbocycles. The summed E-state index contributed by atoms with van der Waals surface area (Å²) in [6.45, 7) is 1.45. The molecule has 28 heavy (non-hydrogen) atoms. The van der Waals surface area contributed by atoms with Gasteiger partial charge in [0.05, 0.1) is 12.6 Å². The third kappa shape index (κ3) is 6.04. The maximum absolute atomic E-state index is 12.3. The molecule has 0 atom stereocenters. The molecule has 0 saturated carbocycles. The van der Waals surface area contributed by atoms with Gasteiger partial charge in [0, 0.05) is 10.7 Å². The van der Waals surface area contributed by atoms with Crippen LogP contribution in [0.25, 0.3) is 6.08 Å². The number of carbonyl (C=O) groups excluding carboxylic acids is 2. The summed E-state index contributed by atoms with van der Waals surface area (Å²) < 4.78 is 10.5. The number of hydrogen-bond acceptors (Lipinski definition) is 6. The van der Waals surface area contributed by atoms with Gasteiger partial charge in [-0.05, 0) is 55.0 Å². The highest BCUT2D eigenvalue weighted by molar-refractivity contribution is 6.30. The fraction of sp³-hybridized carbons (Fsp3) is 0.150. The standard InChI is InChI=1S/C20H17ClN2O5/c1-2-27-18-10-13(3-8-17(18)28-12-19(24)25)9-14(11-22)20(26)23-16-6-4-15(21)5-7-16/h3-10H,2,12H2,1H3,(H,23,26)(H,24,25)/p-1/b14-9+. The molecule has 2 rings (SSSR count). The molecule has 144 valence electrons. The van der Waals surface area contributed by atoms with Gasteiger partial charge in [-0.3, -0.25) is 4.79 Å². The number of benzene rings is 2. The largest absolute Gasteiger partial charge is 0.546 e. The number of rotatable bonds is 8. The van der Waals surface area contributed by atoms with E-state index in [4.69, 9.17) is 21.1 Å². The molecule has 0 aliphatic carbocycles. The highest BCUT2D eigenvalue weighted by Gasteiger charge is 2.11. The van der Waals surface area contributed by atoms with E-state index in [1.54, 1.807) is 43.3 Å². The average Bonchev–Trinajstić information content (AvgIpc) is 2.67. The maximum atomic E-state index is 12.3. The molecular formula is C20H16ClN2O5-. The summed E-state index contributed by atoms with van der Waals surface area (Å²) >= 11 is 5.80. The lowest BCUT2D eigenvalue weighted by Crippen LogP contribution is -2.29. The van der Waals surface area contributed by atoms with Crippen LogP contribution in [0.5, 0.6) is 11.5 Å². The number of nitrogens with one attached hydrogen (secondary N) is 1. The normalized spacial score (nSPS) is 10.7. The summed E-state index contributed by atoms with van der Waals surface area (Å²) in [7, 11) is 0. The van der Waals surface area contributed by atoms with Crippen LogP contribution < -0.4 is 19.9 Å². The Bertz CT molecular complexity index is 933. The number of carbonyl (C=O) groups is 2. The van der Waals surface area contributed by atoms with E-state index >= 15 is 0 Å². The van der Waals surface area contributed by atoms with E-state index in [-0.39, 0.29) is 17.1 Å². The number of carboxylic acids is 1. The smallest absolute Gasteiger partial charge is 0.266 e. The first-order chi connectivity index (χ1) is 13.4. The van der Waals surface area contributed by atoms with E-state index in [2.05, 4.69) is 5.32 Å². The number of nitriles is 1. The molecule has 0 spiro atoms. The van der Waals surface area contributed by atoms with Crippen molar-refractivity contribution >= 4 is 35.2 Å². The highest BCUT2D eigenvalue weighted by Crippen LogP contribution is 2.29. The SMILES string of the molecule is CCOc1cc(/C=C(\C#N)C(=O)Nc2ccc(Cl)cc2)ccc1OCC(=O)[O-]. The number of nitrogens with zero attached hydrogens (tertiary/aromatic N) is 1. The zero-order chi connectivity index (χ0) is 20.5. The van der Waals surface area contributed by atoms with Gasteiger partial charge in [0.2, 0.25) is 0 Å². The molecule has 0 bridgehead atoms. The van der Waals surface area contributed by atoms with E-state index in [1.807, 2.05) is 6.07 Å². The van der Waals surface area contributed by atoms with Crippen molar-refractivity contribution in [3.63, 3.8) is 0 Å². The van der Waals surface area contributed by atoms with Gasteiger partial charge in [-0.15, -0.1) is 0 Å². The highest BCUT2D eigenvalue weighted by atomic mass is 35.5. The van der Waals surface area contributed by atoms with Gasteiger partial charge < -0.3 is 24.7 Å². The summed E-state index contributed by atoms with van der Waals surface area (Å²) in [5, 5.41) is 23.0. The molecule has 7 nitrogen and oxygen atoms in total. The molecular weight excluding hydrogens is 384 g/mol. The van der Waals surface area contributed by atoms with Crippen molar-refractivity contribution in [3.8, 4) is 17.6 Å². The van der Waals surface area contributed by atoms with Crippen LogP contribution in [-0.4, -0.2) is 25.1 Å². The van der Waals surface area contributed by atoms with Crippen molar-refractivity contribution in [1.82, 2.24) is 0 Å². The zero-order valence-electron chi connectivity index (χ0n) is 14.9. The molecule has 8 heteroatoms. The number of ether oxygens (including phenoxy) is 2. The first kappa shape index (κ1) is 20.8. The van der Waals surface area contributed by atoms with Gasteiger partial charge in [0.1, 0.15) is 18.2 Å². The van der Waals surface area contributed by atoms with E-state index in [9.17, 15) is 20.0 Å². The topological polar surface area (TPSA) is 111 Å². The summed E-state index contributed by atoms with van der Waals surface area (Å²) in [6, 6.07) is 12.9. The molecule has 1 N–H and O–H groups in total. The van der Waals surface area contributed by atoms with Crippen LogP contribution >= 0.6 is 11.6 Å². The molecule has 0 aromatic heterocycles. The predicted molar refractivity (Wildman–Crippen MR) is 102 cm³/mol. The fourth-order valence-corrected chi connectivity index (χ4v) is 2.31. The van der Waals surface area contributed by atoms with Gasteiger partial charge in [-0.1, -0.05) is 17.7 Å². The van der Waals surface area contributed by atoms with Crippen molar-refractivity contribution in [2.45, 2.75) is 6.92 Å². The van der Waals surface area contributed by atoms with E-state index in [1.165, 1.54) is 12.1 Å². The molecule has 2 aromatic rings. The number of hydrogen-bond donors (Lipinski definition) is 1. The lowest BCUT2D eigenvalue weighted by Gasteiger charge is -2.13.